The van der Waals surface area contributed by atoms with Gasteiger partial charge in [0, 0.05) is 17.8 Å². The van der Waals surface area contributed by atoms with Crippen molar-refractivity contribution < 1.29 is 19.4 Å². The van der Waals surface area contributed by atoms with E-state index < -0.39 is 6.61 Å². The second-order valence-electron chi connectivity index (χ2n) is 10.2. The molecule has 34 heavy (non-hydrogen) atoms. The standard InChI is InChI=1S/C28H39NO4S/c1-6-24-22-16-28(4,5)11-10-21(22)27(34-24)23(31)9-8-20-14-18(2)26(19(3)15-20)33-13-7-12-29-25(32)17-30/h14-15,30H,6-13,16-17H2,1-5H3,(H,29,32). The van der Waals surface area contributed by atoms with Gasteiger partial charge in [0.25, 0.3) is 0 Å². The smallest absolute Gasteiger partial charge is 0.245 e. The van der Waals surface area contributed by atoms with Crippen molar-refractivity contribution >= 4 is 23.0 Å². The van der Waals surface area contributed by atoms with E-state index >= 15 is 0 Å². The van der Waals surface area contributed by atoms with Crippen LogP contribution in [0, 0.1) is 19.3 Å². The summed E-state index contributed by atoms with van der Waals surface area (Å²) in [5, 5.41) is 11.4. The number of aliphatic hydroxyl groups is 1. The maximum Gasteiger partial charge on any atom is 0.245 e. The number of nitrogens with one attached hydrogen (secondary N) is 1. The van der Waals surface area contributed by atoms with Crippen molar-refractivity contribution in [2.45, 2.75) is 79.6 Å². The van der Waals surface area contributed by atoms with Gasteiger partial charge in [0.15, 0.2) is 5.78 Å². The molecule has 1 heterocycles. The van der Waals surface area contributed by atoms with E-state index in [0.29, 0.717) is 31.4 Å². The van der Waals surface area contributed by atoms with E-state index in [9.17, 15) is 9.59 Å². The first-order valence-electron chi connectivity index (χ1n) is 12.4. The third-order valence-electron chi connectivity index (χ3n) is 6.68. The minimum atomic E-state index is -0.490. The predicted octanol–water partition coefficient (Wildman–Crippen LogP) is 5.14. The van der Waals surface area contributed by atoms with Crippen LogP contribution >= 0.6 is 11.3 Å². The van der Waals surface area contributed by atoms with Crippen molar-refractivity contribution in [1.29, 1.82) is 0 Å². The first-order chi connectivity index (χ1) is 16.1. The van der Waals surface area contributed by atoms with E-state index in [1.807, 2.05) is 13.8 Å². The van der Waals surface area contributed by atoms with Crippen LogP contribution in [0.25, 0.3) is 0 Å². The number of ether oxygens (including phenoxy) is 1. The monoisotopic (exact) mass is 485 g/mol. The van der Waals surface area contributed by atoms with Crippen LogP contribution in [0.5, 0.6) is 5.75 Å². The first-order valence-corrected chi connectivity index (χ1v) is 13.2. The van der Waals surface area contributed by atoms with Gasteiger partial charge in [-0.3, -0.25) is 9.59 Å². The molecule has 0 fully saturated rings. The maximum atomic E-state index is 13.2. The molecular weight excluding hydrogens is 446 g/mol. The Hall–Kier alpha value is -2.18. The third kappa shape index (κ3) is 6.48. The molecule has 0 saturated carbocycles. The summed E-state index contributed by atoms with van der Waals surface area (Å²) in [6.07, 6.45) is 6.19. The number of hydrogen-bond donors (Lipinski definition) is 2. The summed E-state index contributed by atoms with van der Waals surface area (Å²) in [4.78, 5) is 26.7. The van der Waals surface area contributed by atoms with Gasteiger partial charge in [-0.2, -0.15) is 0 Å². The van der Waals surface area contributed by atoms with Gasteiger partial charge < -0.3 is 15.2 Å². The van der Waals surface area contributed by atoms with Crippen LogP contribution in [0.2, 0.25) is 0 Å². The van der Waals surface area contributed by atoms with Crippen LogP contribution in [0.15, 0.2) is 12.1 Å². The van der Waals surface area contributed by atoms with Gasteiger partial charge in [0.05, 0.1) is 11.5 Å². The Balaban J connectivity index is 1.60. The fourth-order valence-corrected chi connectivity index (χ4v) is 6.15. The van der Waals surface area contributed by atoms with E-state index in [2.05, 4.69) is 38.2 Å². The fourth-order valence-electron chi connectivity index (χ4n) is 4.88. The lowest BCUT2D eigenvalue weighted by Gasteiger charge is -2.30. The second-order valence-corrected chi connectivity index (χ2v) is 11.3. The van der Waals surface area contributed by atoms with Gasteiger partial charge >= 0.3 is 0 Å². The number of thiophene rings is 1. The Bertz CT molecular complexity index is 1010. The van der Waals surface area contributed by atoms with Crippen LogP contribution in [0.4, 0.5) is 0 Å². The summed E-state index contributed by atoms with van der Waals surface area (Å²) in [5.41, 5.74) is 6.39. The topological polar surface area (TPSA) is 75.6 Å². The molecule has 0 atom stereocenters. The molecule has 6 heteroatoms. The molecule has 1 aliphatic carbocycles. The van der Waals surface area contributed by atoms with Gasteiger partial charge in [-0.25, -0.2) is 0 Å². The molecule has 2 N–H and O–H groups in total. The van der Waals surface area contributed by atoms with Crippen molar-refractivity contribution in [3.05, 3.63) is 49.7 Å². The number of ketones is 1. The Morgan fingerprint density at radius 3 is 2.53 bits per heavy atom. The maximum absolute atomic E-state index is 13.2. The molecule has 0 bridgehead atoms. The Morgan fingerprint density at radius 2 is 1.88 bits per heavy atom. The SMILES string of the molecule is CCc1sc(C(=O)CCc2cc(C)c(OCCCNC(=O)CO)c(C)c2)c2c1CC(C)(C)CC2. The molecule has 1 amide bonds. The number of fused-ring (bicyclic) bond motifs is 1. The molecule has 186 valence electrons. The lowest BCUT2D eigenvalue weighted by molar-refractivity contribution is -0.123. The van der Waals surface area contributed by atoms with Crippen LogP contribution < -0.4 is 10.1 Å². The number of hydrogen-bond acceptors (Lipinski definition) is 5. The van der Waals surface area contributed by atoms with Crippen molar-refractivity contribution in [3.8, 4) is 5.75 Å². The number of rotatable bonds is 11. The average Bonchev–Trinajstić information content (AvgIpc) is 3.15. The zero-order chi connectivity index (χ0) is 24.9. The van der Waals surface area contributed by atoms with Gasteiger partial charge in [0.1, 0.15) is 12.4 Å². The van der Waals surface area contributed by atoms with Crippen molar-refractivity contribution in [3.63, 3.8) is 0 Å². The van der Waals surface area contributed by atoms with E-state index in [4.69, 9.17) is 9.84 Å². The van der Waals surface area contributed by atoms with Gasteiger partial charge in [0.2, 0.25) is 5.91 Å². The van der Waals surface area contributed by atoms with E-state index in [-0.39, 0.29) is 11.7 Å². The minimum Gasteiger partial charge on any atom is -0.493 e. The highest BCUT2D eigenvalue weighted by Crippen LogP contribution is 2.42. The number of aliphatic hydroxyl groups excluding tert-OH is 1. The van der Waals surface area contributed by atoms with Crippen LogP contribution in [-0.2, 0) is 30.5 Å². The summed E-state index contributed by atoms with van der Waals surface area (Å²) in [5.74, 6) is 0.774. The molecule has 0 radical (unpaired) electrons. The molecule has 0 aliphatic heterocycles. The molecule has 3 rings (SSSR count). The summed E-state index contributed by atoms with van der Waals surface area (Å²) in [6.45, 7) is 11.4. The lowest BCUT2D eigenvalue weighted by atomic mass is 9.74. The van der Waals surface area contributed by atoms with Gasteiger partial charge in [-0.05, 0) is 85.6 Å². The number of carbonyl (C=O) groups is 2. The minimum absolute atomic E-state index is 0.279. The molecular formula is C28H39NO4S. The van der Waals surface area contributed by atoms with E-state index in [1.54, 1.807) is 11.3 Å². The molecule has 0 saturated heterocycles. The van der Waals surface area contributed by atoms with Crippen LogP contribution in [-0.4, -0.2) is 36.6 Å². The quantitative estimate of drug-likeness (QED) is 0.342. The Kier molecular flexibility index (Phi) is 8.94. The lowest BCUT2D eigenvalue weighted by Crippen LogP contribution is -2.28. The van der Waals surface area contributed by atoms with E-state index in [0.717, 1.165) is 59.4 Å². The molecule has 1 aliphatic rings. The molecule has 1 aromatic carbocycles. The highest BCUT2D eigenvalue weighted by molar-refractivity contribution is 7.14. The van der Waals surface area contributed by atoms with Crippen molar-refractivity contribution in [1.82, 2.24) is 5.32 Å². The zero-order valence-electron chi connectivity index (χ0n) is 21.3. The van der Waals surface area contributed by atoms with Gasteiger partial charge in [-0.1, -0.05) is 32.9 Å². The molecule has 0 unspecified atom stereocenters. The summed E-state index contributed by atoms with van der Waals surface area (Å²) >= 11 is 1.73. The molecule has 5 nitrogen and oxygen atoms in total. The van der Waals surface area contributed by atoms with Crippen LogP contribution in [0.1, 0.15) is 82.4 Å². The summed E-state index contributed by atoms with van der Waals surface area (Å²) in [6, 6.07) is 4.24. The molecule has 2 aromatic rings. The second kappa shape index (κ2) is 11.5. The highest BCUT2D eigenvalue weighted by atomic mass is 32.1. The zero-order valence-corrected chi connectivity index (χ0v) is 22.1. The first kappa shape index (κ1) is 26.4. The fraction of sp³-hybridized carbons (Fsp3) is 0.571. The van der Waals surface area contributed by atoms with Crippen molar-refractivity contribution in [2.24, 2.45) is 5.41 Å². The molecule has 0 spiro atoms. The third-order valence-corrected chi connectivity index (χ3v) is 8.14. The number of Topliss-reactive ketones (excluding diaryl/α,β-unsaturated/α-hetero) is 1. The van der Waals surface area contributed by atoms with Gasteiger partial charge in [-0.15, -0.1) is 11.3 Å². The summed E-state index contributed by atoms with van der Waals surface area (Å²) in [7, 11) is 0. The van der Waals surface area contributed by atoms with E-state index in [1.165, 1.54) is 16.0 Å². The molecule has 1 aromatic heterocycles. The number of benzene rings is 1. The summed E-state index contributed by atoms with van der Waals surface area (Å²) < 4.78 is 5.95. The predicted molar refractivity (Wildman–Crippen MR) is 138 cm³/mol. The number of aryl methyl sites for hydroxylation is 4. The Labute approximate surface area is 207 Å². The van der Waals surface area contributed by atoms with Crippen LogP contribution in [0.3, 0.4) is 0 Å². The Morgan fingerprint density at radius 1 is 1.18 bits per heavy atom. The largest absolute Gasteiger partial charge is 0.493 e. The normalized spacial score (nSPS) is 14.5. The average molecular weight is 486 g/mol. The number of carbonyl (C=O) groups excluding carboxylic acids is 2. The number of amides is 1. The van der Waals surface area contributed by atoms with Crippen molar-refractivity contribution in [2.75, 3.05) is 19.8 Å². The highest BCUT2D eigenvalue weighted by Gasteiger charge is 2.31.